The summed E-state index contributed by atoms with van der Waals surface area (Å²) >= 11 is 0. The Labute approximate surface area is 113 Å². The van der Waals surface area contributed by atoms with Gasteiger partial charge in [0.25, 0.3) is 0 Å². The molecule has 0 unspecified atom stereocenters. The van der Waals surface area contributed by atoms with Crippen molar-refractivity contribution in [3.63, 3.8) is 0 Å². The van der Waals surface area contributed by atoms with Gasteiger partial charge in [0.1, 0.15) is 0 Å². The monoisotopic (exact) mass is 244 g/mol. The SMILES string of the molecule is CCCCCCc1cc(CC)cc2c1CCCC2. The first-order valence-corrected chi connectivity index (χ1v) is 7.98. The van der Waals surface area contributed by atoms with Crippen molar-refractivity contribution >= 4 is 0 Å². The molecule has 0 N–H and O–H groups in total. The van der Waals surface area contributed by atoms with Crippen LogP contribution < -0.4 is 0 Å². The lowest BCUT2D eigenvalue weighted by molar-refractivity contribution is 0.647. The van der Waals surface area contributed by atoms with E-state index >= 15 is 0 Å². The van der Waals surface area contributed by atoms with Crippen LogP contribution in [0.2, 0.25) is 0 Å². The molecule has 0 nitrogen and oxygen atoms in total. The van der Waals surface area contributed by atoms with Crippen LogP contribution in [-0.2, 0) is 25.7 Å². The van der Waals surface area contributed by atoms with E-state index < -0.39 is 0 Å². The van der Waals surface area contributed by atoms with Crippen molar-refractivity contribution in [3.05, 3.63) is 34.4 Å². The summed E-state index contributed by atoms with van der Waals surface area (Å²) in [6.45, 7) is 4.57. The fourth-order valence-electron chi connectivity index (χ4n) is 3.20. The van der Waals surface area contributed by atoms with Crippen LogP contribution in [0.15, 0.2) is 12.1 Å². The number of hydrogen-bond donors (Lipinski definition) is 0. The van der Waals surface area contributed by atoms with Crippen LogP contribution in [0.3, 0.4) is 0 Å². The summed E-state index contributed by atoms with van der Waals surface area (Å²) in [7, 11) is 0. The van der Waals surface area contributed by atoms with Crippen LogP contribution in [0.4, 0.5) is 0 Å². The molecule has 0 amide bonds. The fourth-order valence-corrected chi connectivity index (χ4v) is 3.20. The molecule has 1 aromatic rings. The Bertz CT molecular complexity index is 376. The molecule has 0 spiro atoms. The van der Waals surface area contributed by atoms with Gasteiger partial charge in [-0.25, -0.2) is 0 Å². The molecule has 0 heterocycles. The molecule has 0 aliphatic heterocycles. The maximum Gasteiger partial charge on any atom is -0.0273 e. The maximum absolute atomic E-state index is 2.50. The van der Waals surface area contributed by atoms with Crippen molar-refractivity contribution in [3.8, 4) is 0 Å². The minimum Gasteiger partial charge on any atom is -0.0654 e. The highest BCUT2D eigenvalue weighted by molar-refractivity contribution is 5.41. The first kappa shape index (κ1) is 13.6. The van der Waals surface area contributed by atoms with E-state index in [4.69, 9.17) is 0 Å². The van der Waals surface area contributed by atoms with Gasteiger partial charge in [-0.2, -0.15) is 0 Å². The zero-order valence-electron chi connectivity index (χ0n) is 12.2. The van der Waals surface area contributed by atoms with Gasteiger partial charge in [0, 0.05) is 0 Å². The predicted molar refractivity (Wildman–Crippen MR) is 80.3 cm³/mol. The first-order valence-electron chi connectivity index (χ1n) is 7.98. The Morgan fingerprint density at radius 3 is 2.56 bits per heavy atom. The lowest BCUT2D eigenvalue weighted by Gasteiger charge is -2.21. The van der Waals surface area contributed by atoms with Crippen LogP contribution in [-0.4, -0.2) is 0 Å². The van der Waals surface area contributed by atoms with Gasteiger partial charge in [-0.05, 0) is 67.2 Å². The quantitative estimate of drug-likeness (QED) is 0.599. The molecule has 0 aromatic heterocycles. The van der Waals surface area contributed by atoms with E-state index in [9.17, 15) is 0 Å². The number of benzene rings is 1. The van der Waals surface area contributed by atoms with Crippen LogP contribution >= 0.6 is 0 Å². The molecule has 0 heteroatoms. The van der Waals surface area contributed by atoms with Gasteiger partial charge < -0.3 is 0 Å². The smallest absolute Gasteiger partial charge is 0.0273 e. The number of aryl methyl sites for hydroxylation is 3. The minimum absolute atomic E-state index is 1.19. The molecule has 100 valence electrons. The average Bonchev–Trinajstić information content (AvgIpc) is 2.43. The van der Waals surface area contributed by atoms with Gasteiger partial charge in [0.15, 0.2) is 0 Å². The number of unbranched alkanes of at least 4 members (excludes halogenated alkanes) is 3. The summed E-state index contributed by atoms with van der Waals surface area (Å²) in [4.78, 5) is 0. The normalized spacial score (nSPS) is 14.6. The fraction of sp³-hybridized carbons (Fsp3) is 0.667. The Balaban J connectivity index is 2.11. The van der Waals surface area contributed by atoms with Crippen molar-refractivity contribution in [2.75, 3.05) is 0 Å². The third-order valence-corrected chi connectivity index (χ3v) is 4.33. The second-order valence-corrected chi connectivity index (χ2v) is 5.76. The second kappa shape index (κ2) is 6.97. The lowest BCUT2D eigenvalue weighted by Crippen LogP contribution is -2.08. The van der Waals surface area contributed by atoms with E-state index in [0.29, 0.717) is 0 Å². The number of hydrogen-bond acceptors (Lipinski definition) is 0. The third kappa shape index (κ3) is 3.37. The van der Waals surface area contributed by atoms with E-state index in [0.717, 1.165) is 0 Å². The zero-order chi connectivity index (χ0) is 12.8. The Morgan fingerprint density at radius 1 is 0.944 bits per heavy atom. The Kier molecular flexibility index (Phi) is 5.28. The van der Waals surface area contributed by atoms with Gasteiger partial charge in [0.2, 0.25) is 0 Å². The van der Waals surface area contributed by atoms with Gasteiger partial charge in [-0.15, -0.1) is 0 Å². The van der Waals surface area contributed by atoms with E-state index in [1.54, 1.807) is 22.3 Å². The van der Waals surface area contributed by atoms with Crippen LogP contribution in [0.1, 0.15) is 74.6 Å². The van der Waals surface area contributed by atoms with Gasteiger partial charge in [-0.1, -0.05) is 45.2 Å². The summed E-state index contributed by atoms with van der Waals surface area (Å²) < 4.78 is 0. The van der Waals surface area contributed by atoms with Gasteiger partial charge in [-0.3, -0.25) is 0 Å². The Hall–Kier alpha value is -0.780. The number of fused-ring (bicyclic) bond motifs is 1. The van der Waals surface area contributed by atoms with Crippen molar-refractivity contribution in [1.29, 1.82) is 0 Å². The molecule has 1 aliphatic carbocycles. The van der Waals surface area contributed by atoms with Crippen LogP contribution in [0.25, 0.3) is 0 Å². The zero-order valence-corrected chi connectivity index (χ0v) is 12.2. The van der Waals surface area contributed by atoms with Crippen LogP contribution in [0.5, 0.6) is 0 Å². The highest BCUT2D eigenvalue weighted by Crippen LogP contribution is 2.27. The summed E-state index contributed by atoms with van der Waals surface area (Å²) in [5.41, 5.74) is 6.63. The van der Waals surface area contributed by atoms with E-state index in [1.807, 2.05) is 0 Å². The molecule has 2 rings (SSSR count). The summed E-state index contributed by atoms with van der Waals surface area (Å²) in [6.07, 6.45) is 13.5. The second-order valence-electron chi connectivity index (χ2n) is 5.76. The molecule has 1 aliphatic rings. The molecule has 0 saturated heterocycles. The summed E-state index contributed by atoms with van der Waals surface area (Å²) in [5, 5.41) is 0. The van der Waals surface area contributed by atoms with E-state index in [1.165, 1.54) is 64.2 Å². The Morgan fingerprint density at radius 2 is 1.78 bits per heavy atom. The maximum atomic E-state index is 2.50. The molecular weight excluding hydrogens is 216 g/mol. The third-order valence-electron chi connectivity index (χ3n) is 4.33. The standard InChI is InChI=1S/C18H28/c1-3-5-6-7-10-16-13-15(4-2)14-17-11-8-9-12-18(16)17/h13-14H,3-12H2,1-2H3. The molecule has 0 fully saturated rings. The predicted octanol–water partition coefficient (Wildman–Crippen LogP) is 5.25. The molecule has 0 radical (unpaired) electrons. The molecule has 1 aromatic carbocycles. The van der Waals surface area contributed by atoms with Crippen molar-refractivity contribution in [2.24, 2.45) is 0 Å². The van der Waals surface area contributed by atoms with Crippen molar-refractivity contribution in [1.82, 2.24) is 0 Å². The molecule has 18 heavy (non-hydrogen) atoms. The van der Waals surface area contributed by atoms with Crippen molar-refractivity contribution < 1.29 is 0 Å². The molecular formula is C18H28. The highest BCUT2D eigenvalue weighted by Gasteiger charge is 2.14. The summed E-state index contributed by atoms with van der Waals surface area (Å²) in [6, 6.07) is 4.97. The highest BCUT2D eigenvalue weighted by atomic mass is 14.2. The largest absolute Gasteiger partial charge is 0.0654 e. The molecule has 0 atom stereocenters. The minimum atomic E-state index is 1.19. The van der Waals surface area contributed by atoms with E-state index in [2.05, 4.69) is 26.0 Å². The van der Waals surface area contributed by atoms with Gasteiger partial charge >= 0.3 is 0 Å². The topological polar surface area (TPSA) is 0 Å². The molecule has 0 bridgehead atoms. The van der Waals surface area contributed by atoms with Crippen molar-refractivity contribution in [2.45, 2.75) is 78.1 Å². The average molecular weight is 244 g/mol. The van der Waals surface area contributed by atoms with Gasteiger partial charge in [0.05, 0.1) is 0 Å². The molecule has 0 saturated carbocycles. The van der Waals surface area contributed by atoms with E-state index in [-0.39, 0.29) is 0 Å². The first-order chi connectivity index (χ1) is 8.85. The number of rotatable bonds is 6. The van der Waals surface area contributed by atoms with Crippen LogP contribution in [0, 0.1) is 0 Å². The summed E-state index contributed by atoms with van der Waals surface area (Å²) in [5.74, 6) is 0. The lowest BCUT2D eigenvalue weighted by atomic mass is 9.85.